The Kier molecular flexibility index (Phi) is 6.98. The van der Waals surface area contributed by atoms with Crippen molar-refractivity contribution in [3.05, 3.63) is 0 Å². The Hall–Kier alpha value is -1.79. The van der Waals surface area contributed by atoms with Crippen LogP contribution in [0, 0.1) is 5.92 Å². The van der Waals surface area contributed by atoms with Crippen molar-refractivity contribution in [2.75, 3.05) is 6.61 Å². The predicted molar refractivity (Wildman–Crippen MR) is 75.8 cm³/mol. The topological polar surface area (TPSA) is 105 Å². The van der Waals surface area contributed by atoms with Crippen LogP contribution in [-0.4, -0.2) is 41.8 Å². The Balaban J connectivity index is 2.52. The van der Waals surface area contributed by atoms with Crippen molar-refractivity contribution in [2.24, 2.45) is 5.92 Å². The number of urea groups is 1. The zero-order chi connectivity index (χ0) is 15.8. The van der Waals surface area contributed by atoms with Gasteiger partial charge in [-0.2, -0.15) is 0 Å². The van der Waals surface area contributed by atoms with Crippen LogP contribution in [0.2, 0.25) is 0 Å². The number of nitrogens with one attached hydrogen (secondary N) is 2. The van der Waals surface area contributed by atoms with Gasteiger partial charge in [-0.25, -0.2) is 14.4 Å². The van der Waals surface area contributed by atoms with Crippen molar-refractivity contribution >= 4 is 18.0 Å². The fourth-order valence-corrected chi connectivity index (χ4v) is 2.55. The Labute approximate surface area is 124 Å². The zero-order valence-electron chi connectivity index (χ0n) is 12.6. The normalized spacial score (nSPS) is 18.4. The standard InChI is InChI=1S/C14H24N2O5/c1-3-21-13(19)9(2)15-14(20)16-11(12(17)18)10-7-5-4-6-8-10/h9-11H,3-8H2,1-2H3,(H,17,18)(H2,15,16,20). The Morgan fingerprint density at radius 2 is 1.81 bits per heavy atom. The van der Waals surface area contributed by atoms with E-state index in [1.807, 2.05) is 0 Å². The SMILES string of the molecule is CCOC(=O)C(C)NC(=O)NC(C(=O)O)C1CCCCC1. The lowest BCUT2D eigenvalue weighted by molar-refractivity contribution is -0.144. The van der Waals surface area contributed by atoms with Crippen LogP contribution in [0.5, 0.6) is 0 Å². The summed E-state index contributed by atoms with van der Waals surface area (Å²) < 4.78 is 4.78. The van der Waals surface area contributed by atoms with E-state index >= 15 is 0 Å². The quantitative estimate of drug-likeness (QED) is 0.641. The summed E-state index contributed by atoms with van der Waals surface area (Å²) in [5, 5.41) is 14.1. The molecular weight excluding hydrogens is 276 g/mol. The van der Waals surface area contributed by atoms with Crippen LogP contribution in [0.1, 0.15) is 46.0 Å². The van der Waals surface area contributed by atoms with Gasteiger partial charge in [0.2, 0.25) is 0 Å². The maximum Gasteiger partial charge on any atom is 0.328 e. The second-order valence-electron chi connectivity index (χ2n) is 5.31. The maximum atomic E-state index is 11.8. The molecule has 0 heterocycles. The number of carboxylic acid groups (broad SMARTS) is 1. The molecule has 2 amide bonds. The molecule has 7 nitrogen and oxygen atoms in total. The number of rotatable bonds is 6. The third-order valence-electron chi connectivity index (χ3n) is 3.66. The summed E-state index contributed by atoms with van der Waals surface area (Å²) in [6, 6.07) is -2.39. The minimum atomic E-state index is -1.04. The van der Waals surface area contributed by atoms with Crippen molar-refractivity contribution in [1.29, 1.82) is 0 Å². The molecule has 2 atom stereocenters. The van der Waals surface area contributed by atoms with Crippen LogP contribution in [0.15, 0.2) is 0 Å². The van der Waals surface area contributed by atoms with Gasteiger partial charge in [0.1, 0.15) is 12.1 Å². The number of hydrogen-bond donors (Lipinski definition) is 3. The molecule has 1 rings (SSSR count). The average Bonchev–Trinajstić information content (AvgIpc) is 2.45. The van der Waals surface area contributed by atoms with E-state index in [0.717, 1.165) is 32.1 Å². The second-order valence-corrected chi connectivity index (χ2v) is 5.31. The molecule has 2 unspecified atom stereocenters. The predicted octanol–water partition coefficient (Wildman–Crippen LogP) is 1.27. The monoisotopic (exact) mass is 300 g/mol. The van der Waals surface area contributed by atoms with Gasteiger partial charge in [-0.15, -0.1) is 0 Å². The highest BCUT2D eigenvalue weighted by molar-refractivity contribution is 5.86. The first-order valence-corrected chi connectivity index (χ1v) is 7.42. The van der Waals surface area contributed by atoms with E-state index in [4.69, 9.17) is 4.74 Å². The highest BCUT2D eigenvalue weighted by Crippen LogP contribution is 2.26. The van der Waals surface area contributed by atoms with E-state index in [9.17, 15) is 19.5 Å². The number of hydrogen-bond acceptors (Lipinski definition) is 4. The lowest BCUT2D eigenvalue weighted by Crippen LogP contribution is -2.53. The van der Waals surface area contributed by atoms with Crippen molar-refractivity contribution in [3.63, 3.8) is 0 Å². The molecule has 7 heteroatoms. The third kappa shape index (κ3) is 5.61. The molecule has 0 radical (unpaired) electrons. The lowest BCUT2D eigenvalue weighted by Gasteiger charge is -2.28. The summed E-state index contributed by atoms with van der Waals surface area (Å²) in [6.07, 6.45) is 4.66. The number of ether oxygens (including phenoxy) is 1. The number of amides is 2. The van der Waals surface area contributed by atoms with E-state index < -0.39 is 30.1 Å². The maximum absolute atomic E-state index is 11.8. The van der Waals surface area contributed by atoms with E-state index in [0.29, 0.717) is 0 Å². The van der Waals surface area contributed by atoms with Gasteiger partial charge in [0.05, 0.1) is 6.61 Å². The molecule has 120 valence electrons. The summed E-state index contributed by atoms with van der Waals surface area (Å²) in [5.74, 6) is -1.64. The van der Waals surface area contributed by atoms with Crippen molar-refractivity contribution in [3.8, 4) is 0 Å². The largest absolute Gasteiger partial charge is 0.480 e. The number of carbonyl (C=O) groups is 3. The van der Waals surface area contributed by atoms with Crippen LogP contribution in [-0.2, 0) is 14.3 Å². The minimum absolute atomic E-state index is 0.0556. The molecule has 1 aliphatic rings. The Bertz CT molecular complexity index is 380. The Morgan fingerprint density at radius 1 is 1.19 bits per heavy atom. The van der Waals surface area contributed by atoms with Crippen molar-refractivity contribution in [2.45, 2.75) is 58.0 Å². The molecule has 0 bridgehead atoms. The van der Waals surface area contributed by atoms with Gasteiger partial charge >= 0.3 is 18.0 Å². The first-order valence-electron chi connectivity index (χ1n) is 7.42. The lowest BCUT2D eigenvalue weighted by atomic mass is 9.84. The Morgan fingerprint density at radius 3 is 2.33 bits per heavy atom. The van der Waals surface area contributed by atoms with E-state index in [1.165, 1.54) is 6.92 Å². The molecule has 0 aromatic rings. The first-order chi connectivity index (χ1) is 9.95. The third-order valence-corrected chi connectivity index (χ3v) is 3.66. The number of aliphatic carboxylic acids is 1. The van der Waals surface area contributed by atoms with Gasteiger partial charge in [-0.3, -0.25) is 0 Å². The summed E-state index contributed by atoms with van der Waals surface area (Å²) >= 11 is 0. The molecule has 21 heavy (non-hydrogen) atoms. The molecule has 0 spiro atoms. The van der Waals surface area contributed by atoms with Crippen LogP contribution in [0.4, 0.5) is 4.79 Å². The fraction of sp³-hybridized carbons (Fsp3) is 0.786. The zero-order valence-corrected chi connectivity index (χ0v) is 12.6. The molecule has 0 aliphatic heterocycles. The number of carboxylic acids is 1. The number of carbonyl (C=O) groups excluding carboxylic acids is 2. The smallest absolute Gasteiger partial charge is 0.328 e. The number of esters is 1. The van der Waals surface area contributed by atoms with Gasteiger partial charge in [0.15, 0.2) is 0 Å². The van der Waals surface area contributed by atoms with Crippen LogP contribution in [0.3, 0.4) is 0 Å². The van der Waals surface area contributed by atoms with Gasteiger partial charge in [-0.1, -0.05) is 19.3 Å². The van der Waals surface area contributed by atoms with Gasteiger partial charge in [0, 0.05) is 0 Å². The fourth-order valence-electron chi connectivity index (χ4n) is 2.55. The molecule has 1 fully saturated rings. The van der Waals surface area contributed by atoms with Gasteiger partial charge in [0.25, 0.3) is 0 Å². The van der Waals surface area contributed by atoms with E-state index in [-0.39, 0.29) is 12.5 Å². The van der Waals surface area contributed by atoms with Gasteiger partial charge < -0.3 is 20.5 Å². The molecule has 3 N–H and O–H groups in total. The molecule has 0 aromatic heterocycles. The molecule has 0 aromatic carbocycles. The van der Waals surface area contributed by atoms with Crippen LogP contribution in [0.25, 0.3) is 0 Å². The highest BCUT2D eigenvalue weighted by Gasteiger charge is 2.31. The van der Waals surface area contributed by atoms with Crippen molar-refractivity contribution in [1.82, 2.24) is 10.6 Å². The van der Waals surface area contributed by atoms with E-state index in [2.05, 4.69) is 10.6 Å². The summed E-state index contributed by atoms with van der Waals surface area (Å²) in [4.78, 5) is 34.6. The molecule has 1 saturated carbocycles. The first kappa shape index (κ1) is 17.3. The average molecular weight is 300 g/mol. The van der Waals surface area contributed by atoms with Gasteiger partial charge in [-0.05, 0) is 32.6 Å². The van der Waals surface area contributed by atoms with Crippen LogP contribution >= 0.6 is 0 Å². The van der Waals surface area contributed by atoms with E-state index in [1.54, 1.807) is 6.92 Å². The van der Waals surface area contributed by atoms with Crippen molar-refractivity contribution < 1.29 is 24.2 Å². The summed E-state index contributed by atoms with van der Waals surface area (Å²) in [5.41, 5.74) is 0. The molecule has 1 aliphatic carbocycles. The molecular formula is C14H24N2O5. The molecule has 0 saturated heterocycles. The second kappa shape index (κ2) is 8.49. The minimum Gasteiger partial charge on any atom is -0.480 e. The summed E-state index contributed by atoms with van der Waals surface area (Å²) in [7, 11) is 0. The highest BCUT2D eigenvalue weighted by atomic mass is 16.5. The summed E-state index contributed by atoms with van der Waals surface area (Å²) in [6.45, 7) is 3.40. The van der Waals surface area contributed by atoms with Crippen LogP contribution < -0.4 is 10.6 Å².